The van der Waals surface area contributed by atoms with E-state index in [4.69, 9.17) is 0 Å². The third-order valence-corrected chi connectivity index (χ3v) is 3.67. The van der Waals surface area contributed by atoms with Crippen molar-refractivity contribution < 1.29 is 14.4 Å². The van der Waals surface area contributed by atoms with E-state index in [-0.39, 0.29) is 0 Å². The molecule has 1 aromatic carbocycles. The first-order valence-electron chi connectivity index (χ1n) is 5.77. The lowest BCUT2D eigenvalue weighted by molar-refractivity contribution is 0.362. The molecule has 1 heterocycles. The highest BCUT2D eigenvalue weighted by Crippen LogP contribution is 2.51. The van der Waals surface area contributed by atoms with Crippen LogP contribution in [0.15, 0.2) is 48.5 Å². The van der Waals surface area contributed by atoms with E-state index in [1.807, 2.05) is 6.07 Å². The predicted octanol–water partition coefficient (Wildman–Crippen LogP) is 2.68. The molecule has 100 valence electrons. The van der Waals surface area contributed by atoms with Crippen molar-refractivity contribution in [2.24, 2.45) is 0 Å². The van der Waals surface area contributed by atoms with Crippen molar-refractivity contribution >= 4 is 13.3 Å². The van der Waals surface area contributed by atoms with E-state index in [0.717, 1.165) is 0 Å². The first-order valence-corrected chi connectivity index (χ1v) is 7.45. The number of nitrogens with zero attached hydrogens (tertiary/aromatic N) is 1. The van der Waals surface area contributed by atoms with Gasteiger partial charge in [-0.2, -0.15) is 0 Å². The summed E-state index contributed by atoms with van der Waals surface area (Å²) in [5.74, 6) is -1.14. The highest BCUT2D eigenvalue weighted by atomic mass is 31.2. The van der Waals surface area contributed by atoms with Crippen molar-refractivity contribution in [3.63, 3.8) is 0 Å². The quantitative estimate of drug-likeness (QED) is 0.749. The van der Waals surface area contributed by atoms with E-state index < -0.39 is 13.4 Å². The summed E-state index contributed by atoms with van der Waals surface area (Å²) in [6.07, 6.45) is 0. The number of pyridine rings is 1. The van der Waals surface area contributed by atoms with Crippen molar-refractivity contribution in [2.45, 2.75) is 12.7 Å². The number of anilines is 1. The number of hydrogen-bond acceptors (Lipinski definition) is 3. The molecule has 0 radical (unpaired) electrons. The minimum Gasteiger partial charge on any atom is -0.367 e. The SMILES string of the molecule is Cc1cccc(C(Nc2ccccc2)P(=O)(O)O)n1. The van der Waals surface area contributed by atoms with E-state index >= 15 is 0 Å². The second-order valence-corrected chi connectivity index (χ2v) is 5.90. The van der Waals surface area contributed by atoms with Crippen molar-refractivity contribution in [2.75, 3.05) is 5.32 Å². The Bertz CT molecular complexity index is 598. The van der Waals surface area contributed by atoms with Crippen molar-refractivity contribution in [3.05, 3.63) is 59.9 Å². The van der Waals surface area contributed by atoms with Gasteiger partial charge < -0.3 is 15.1 Å². The van der Waals surface area contributed by atoms with Gasteiger partial charge in [0.1, 0.15) is 0 Å². The van der Waals surface area contributed by atoms with Crippen LogP contribution < -0.4 is 5.32 Å². The van der Waals surface area contributed by atoms with E-state index in [1.165, 1.54) is 0 Å². The van der Waals surface area contributed by atoms with E-state index in [2.05, 4.69) is 10.3 Å². The number of nitrogens with one attached hydrogen (secondary N) is 1. The predicted molar refractivity (Wildman–Crippen MR) is 73.8 cm³/mol. The summed E-state index contributed by atoms with van der Waals surface area (Å²) >= 11 is 0. The average Bonchev–Trinajstić information content (AvgIpc) is 2.36. The molecule has 0 bridgehead atoms. The molecule has 1 unspecified atom stereocenters. The highest BCUT2D eigenvalue weighted by Gasteiger charge is 2.31. The molecule has 0 aliphatic carbocycles. The number of hydrogen-bond donors (Lipinski definition) is 3. The molecule has 0 saturated carbocycles. The molecule has 5 nitrogen and oxygen atoms in total. The standard InChI is InChI=1S/C13H15N2O3P/c1-10-6-5-9-12(14-10)13(19(16,17)18)15-11-7-3-2-4-8-11/h2-9,13,15H,1H3,(H2,16,17,18). The zero-order valence-electron chi connectivity index (χ0n) is 10.4. The summed E-state index contributed by atoms with van der Waals surface area (Å²) in [5.41, 5.74) is 1.68. The van der Waals surface area contributed by atoms with Crippen molar-refractivity contribution in [3.8, 4) is 0 Å². The molecule has 6 heteroatoms. The molecule has 19 heavy (non-hydrogen) atoms. The Balaban J connectivity index is 2.35. The molecule has 0 amide bonds. The molecule has 2 rings (SSSR count). The van der Waals surface area contributed by atoms with Crippen LogP contribution in [0.2, 0.25) is 0 Å². The van der Waals surface area contributed by atoms with E-state index in [9.17, 15) is 14.4 Å². The topological polar surface area (TPSA) is 82.5 Å². The third kappa shape index (κ3) is 3.64. The number of para-hydroxylation sites is 1. The van der Waals surface area contributed by atoms with Crippen LogP contribution in [0.5, 0.6) is 0 Å². The molecule has 2 aromatic rings. The summed E-state index contributed by atoms with van der Waals surface area (Å²) < 4.78 is 11.6. The minimum atomic E-state index is -4.36. The monoisotopic (exact) mass is 278 g/mol. The van der Waals surface area contributed by atoms with Crippen molar-refractivity contribution in [1.29, 1.82) is 0 Å². The molecular formula is C13H15N2O3P. The third-order valence-electron chi connectivity index (χ3n) is 2.60. The maximum Gasteiger partial charge on any atom is 0.353 e. The van der Waals surface area contributed by atoms with E-state index in [0.29, 0.717) is 17.1 Å². The van der Waals surface area contributed by atoms with Gasteiger partial charge in [-0.05, 0) is 31.2 Å². The van der Waals surface area contributed by atoms with Crippen LogP contribution in [0, 0.1) is 6.92 Å². The largest absolute Gasteiger partial charge is 0.367 e. The molecular weight excluding hydrogens is 263 g/mol. The Morgan fingerprint density at radius 1 is 1.11 bits per heavy atom. The summed E-state index contributed by atoms with van der Waals surface area (Å²) in [5, 5.41) is 2.84. The van der Waals surface area contributed by atoms with Crippen LogP contribution in [0.3, 0.4) is 0 Å². The van der Waals surface area contributed by atoms with Gasteiger partial charge in [-0.3, -0.25) is 9.55 Å². The van der Waals surface area contributed by atoms with Gasteiger partial charge in [0.2, 0.25) is 0 Å². The van der Waals surface area contributed by atoms with Crippen molar-refractivity contribution in [1.82, 2.24) is 4.98 Å². The molecule has 3 N–H and O–H groups in total. The number of rotatable bonds is 4. The second kappa shape index (κ2) is 5.53. The molecule has 0 saturated heterocycles. The molecule has 1 atom stereocenters. The van der Waals surface area contributed by atoms with Crippen LogP contribution in [0.4, 0.5) is 5.69 Å². The van der Waals surface area contributed by atoms with Crippen LogP contribution in [-0.2, 0) is 4.57 Å². The zero-order valence-corrected chi connectivity index (χ0v) is 11.3. The second-order valence-electron chi connectivity index (χ2n) is 4.21. The Morgan fingerprint density at radius 2 is 1.79 bits per heavy atom. The summed E-state index contributed by atoms with van der Waals surface area (Å²) in [6, 6.07) is 14.0. The van der Waals surface area contributed by atoms with Gasteiger partial charge in [0.15, 0.2) is 5.78 Å². The lowest BCUT2D eigenvalue weighted by Crippen LogP contribution is -2.13. The van der Waals surface area contributed by atoms with Crippen LogP contribution in [-0.4, -0.2) is 14.8 Å². The number of aromatic nitrogens is 1. The van der Waals surface area contributed by atoms with Gasteiger partial charge in [0, 0.05) is 11.4 Å². The molecule has 1 aromatic heterocycles. The van der Waals surface area contributed by atoms with Gasteiger partial charge in [0.25, 0.3) is 0 Å². The fourth-order valence-electron chi connectivity index (χ4n) is 1.74. The Hall–Kier alpha value is -1.68. The van der Waals surface area contributed by atoms with Gasteiger partial charge in [-0.15, -0.1) is 0 Å². The Labute approximate surface area is 111 Å². The summed E-state index contributed by atoms with van der Waals surface area (Å²) in [7, 11) is -4.36. The molecule has 0 spiro atoms. The van der Waals surface area contributed by atoms with Gasteiger partial charge in [0.05, 0.1) is 5.69 Å². The Morgan fingerprint density at radius 3 is 2.37 bits per heavy atom. The van der Waals surface area contributed by atoms with Crippen LogP contribution in [0.25, 0.3) is 0 Å². The number of aryl methyl sites for hydroxylation is 1. The maximum absolute atomic E-state index is 11.6. The fraction of sp³-hybridized carbons (Fsp3) is 0.154. The maximum atomic E-state index is 11.6. The van der Waals surface area contributed by atoms with E-state index in [1.54, 1.807) is 49.4 Å². The summed E-state index contributed by atoms with van der Waals surface area (Å²) in [6.45, 7) is 1.78. The average molecular weight is 278 g/mol. The van der Waals surface area contributed by atoms with Crippen LogP contribution >= 0.6 is 7.60 Å². The number of benzene rings is 1. The Kier molecular flexibility index (Phi) is 4.00. The van der Waals surface area contributed by atoms with Crippen LogP contribution in [0.1, 0.15) is 17.2 Å². The zero-order chi connectivity index (χ0) is 13.9. The molecule has 0 aliphatic heterocycles. The van der Waals surface area contributed by atoms with Gasteiger partial charge in [-0.25, -0.2) is 0 Å². The normalized spacial score (nSPS) is 13.0. The van der Waals surface area contributed by atoms with Gasteiger partial charge >= 0.3 is 7.60 Å². The highest BCUT2D eigenvalue weighted by molar-refractivity contribution is 7.52. The van der Waals surface area contributed by atoms with Gasteiger partial charge in [-0.1, -0.05) is 24.3 Å². The fourth-order valence-corrected chi connectivity index (χ4v) is 2.54. The lowest BCUT2D eigenvalue weighted by atomic mass is 10.3. The smallest absolute Gasteiger partial charge is 0.353 e. The first kappa shape index (κ1) is 13.7. The minimum absolute atomic E-state index is 0.331. The first-order chi connectivity index (χ1) is 8.97. The molecule has 0 fully saturated rings. The molecule has 0 aliphatic rings. The lowest BCUT2D eigenvalue weighted by Gasteiger charge is -2.20. The summed E-state index contributed by atoms with van der Waals surface area (Å²) in [4.78, 5) is 23.2.